The Kier molecular flexibility index (Phi) is 10.0. The largest absolute Gasteiger partial charge is 0.493 e. The van der Waals surface area contributed by atoms with Gasteiger partial charge in [0, 0.05) is 4.47 Å². The summed E-state index contributed by atoms with van der Waals surface area (Å²) in [6.45, 7) is 5.15. The quantitative estimate of drug-likeness (QED) is 0.301. The van der Waals surface area contributed by atoms with Crippen LogP contribution in [0.25, 0.3) is 6.08 Å². The zero-order valence-corrected chi connectivity index (χ0v) is 26.7. The molecule has 42 heavy (non-hydrogen) atoms. The van der Waals surface area contributed by atoms with Crippen molar-refractivity contribution >= 4 is 68.5 Å². The number of rotatable bonds is 10. The van der Waals surface area contributed by atoms with Crippen LogP contribution in [0.4, 0.5) is 0 Å². The molecule has 1 aliphatic rings. The topological polar surface area (TPSA) is 126 Å². The Morgan fingerprint density at radius 3 is 2.40 bits per heavy atom. The number of carboxylic acid groups (broad SMARTS) is 1. The molecule has 2 aromatic carbocycles. The van der Waals surface area contributed by atoms with Crippen molar-refractivity contribution in [3.8, 4) is 17.2 Å². The highest BCUT2D eigenvalue weighted by atomic mass is 79.9. The van der Waals surface area contributed by atoms with Gasteiger partial charge >= 0.3 is 11.9 Å². The number of carbonyl (C=O) groups is 2. The van der Waals surface area contributed by atoms with Gasteiger partial charge in [0.15, 0.2) is 28.7 Å². The first-order chi connectivity index (χ1) is 20.0. The predicted octanol–water partition coefficient (Wildman–Crippen LogP) is 4.74. The Labute approximate surface area is 262 Å². The Bertz CT molecular complexity index is 1760. The second kappa shape index (κ2) is 13.3. The van der Waals surface area contributed by atoms with Crippen molar-refractivity contribution < 1.29 is 33.6 Å². The number of benzene rings is 2. The van der Waals surface area contributed by atoms with E-state index >= 15 is 0 Å². The van der Waals surface area contributed by atoms with E-state index < -0.39 is 30.1 Å². The summed E-state index contributed by atoms with van der Waals surface area (Å²) in [5, 5.41) is 9.05. The molecule has 1 N–H and O–H groups in total. The third kappa shape index (κ3) is 6.36. The van der Waals surface area contributed by atoms with E-state index in [4.69, 9.17) is 47.3 Å². The molecule has 1 aromatic heterocycles. The lowest BCUT2D eigenvalue weighted by molar-refractivity contribution is -0.140. The molecule has 10 nitrogen and oxygen atoms in total. The average molecular weight is 700 g/mol. The number of nitrogens with zero attached hydrogens (tertiary/aromatic N) is 2. The standard InChI is InChI=1S/C28H25BrCl2N2O8S/c1-5-39-20-11-16(29)15(10-19(20)38-4)24-23(27(37)40-6-2)13(3)32-28-33(24)26(36)21(42-28)9-14-7-17(30)25(18(31)8-14)41-12-22(34)35/h7-11,24H,5-6,12H2,1-4H3,(H,34,35)/b21-9+/t24-/m0/s1. The van der Waals surface area contributed by atoms with Gasteiger partial charge in [-0.25, -0.2) is 14.6 Å². The van der Waals surface area contributed by atoms with Gasteiger partial charge in [-0.2, -0.15) is 0 Å². The summed E-state index contributed by atoms with van der Waals surface area (Å²) in [5.41, 5.74) is 1.22. The smallest absolute Gasteiger partial charge is 0.341 e. The summed E-state index contributed by atoms with van der Waals surface area (Å²) in [4.78, 5) is 43.0. The van der Waals surface area contributed by atoms with Gasteiger partial charge in [-0.15, -0.1) is 0 Å². The van der Waals surface area contributed by atoms with Crippen LogP contribution in [0.3, 0.4) is 0 Å². The number of aromatic nitrogens is 1. The summed E-state index contributed by atoms with van der Waals surface area (Å²) < 4.78 is 24.1. The second-order valence-electron chi connectivity index (χ2n) is 8.76. The number of thiazole rings is 1. The molecular formula is C28H25BrCl2N2O8S. The highest BCUT2D eigenvalue weighted by molar-refractivity contribution is 9.10. The van der Waals surface area contributed by atoms with Crippen LogP contribution in [0.15, 0.2) is 49.8 Å². The van der Waals surface area contributed by atoms with Crippen molar-refractivity contribution in [1.29, 1.82) is 0 Å². The zero-order valence-electron chi connectivity index (χ0n) is 22.8. The number of halogens is 3. The third-order valence-corrected chi connectivity index (χ3v) is 8.28. The molecule has 1 aliphatic heterocycles. The van der Waals surface area contributed by atoms with Gasteiger partial charge in [0.25, 0.3) is 5.56 Å². The highest BCUT2D eigenvalue weighted by Gasteiger charge is 2.35. The van der Waals surface area contributed by atoms with Gasteiger partial charge in [-0.1, -0.05) is 50.5 Å². The third-order valence-electron chi connectivity index (χ3n) is 6.05. The van der Waals surface area contributed by atoms with E-state index in [9.17, 15) is 14.4 Å². The van der Waals surface area contributed by atoms with E-state index in [1.54, 1.807) is 32.1 Å². The molecule has 0 unspecified atom stereocenters. The zero-order chi connectivity index (χ0) is 30.7. The van der Waals surface area contributed by atoms with Crippen LogP contribution in [-0.2, 0) is 14.3 Å². The maximum atomic E-state index is 14.0. The Morgan fingerprint density at radius 2 is 1.81 bits per heavy atom. The van der Waals surface area contributed by atoms with Crippen LogP contribution in [0.5, 0.6) is 17.2 Å². The van der Waals surface area contributed by atoms with Crippen molar-refractivity contribution in [2.24, 2.45) is 4.99 Å². The molecule has 3 aromatic rings. The average Bonchev–Trinajstić information content (AvgIpc) is 3.21. The number of esters is 1. The summed E-state index contributed by atoms with van der Waals surface area (Å²) >= 11 is 17.3. The van der Waals surface area contributed by atoms with Gasteiger partial charge in [0.05, 0.1) is 52.2 Å². The van der Waals surface area contributed by atoms with Crippen LogP contribution in [-0.4, -0.2) is 48.5 Å². The molecular weight excluding hydrogens is 675 g/mol. The number of allylic oxidation sites excluding steroid dienone is 1. The SMILES string of the molecule is CCOC(=O)C1=C(C)N=c2s/c(=C/c3cc(Cl)c(OCC(=O)O)c(Cl)c3)c(=O)n2[C@H]1c1cc(OC)c(OCC)cc1Br. The molecule has 0 fully saturated rings. The van der Waals surface area contributed by atoms with E-state index in [0.717, 1.165) is 11.3 Å². The van der Waals surface area contributed by atoms with Crippen LogP contribution >= 0.6 is 50.5 Å². The normalized spacial score (nSPS) is 14.7. The minimum atomic E-state index is -1.18. The number of aliphatic carboxylic acids is 1. The van der Waals surface area contributed by atoms with Gasteiger partial charge < -0.3 is 24.1 Å². The summed E-state index contributed by atoms with van der Waals surface area (Å²) in [5.74, 6) is -0.858. The van der Waals surface area contributed by atoms with Gasteiger partial charge in [-0.05, 0) is 62.2 Å². The van der Waals surface area contributed by atoms with Crippen LogP contribution in [0.2, 0.25) is 10.0 Å². The number of methoxy groups -OCH3 is 1. The first-order valence-electron chi connectivity index (χ1n) is 12.5. The molecule has 1 atom stereocenters. The summed E-state index contributed by atoms with van der Waals surface area (Å²) in [6.07, 6.45) is 1.58. The lowest BCUT2D eigenvalue weighted by atomic mass is 9.95. The highest BCUT2D eigenvalue weighted by Crippen LogP contribution is 2.41. The first kappa shape index (κ1) is 31.6. The van der Waals surface area contributed by atoms with Gasteiger partial charge in [0.1, 0.15) is 0 Å². The van der Waals surface area contributed by atoms with Crippen molar-refractivity contribution in [2.45, 2.75) is 26.8 Å². The molecule has 14 heteroatoms. The molecule has 0 saturated carbocycles. The maximum absolute atomic E-state index is 14.0. The first-order valence-corrected chi connectivity index (χ1v) is 14.9. The Balaban J connectivity index is 1.93. The maximum Gasteiger partial charge on any atom is 0.341 e. The molecule has 222 valence electrons. The molecule has 0 amide bonds. The van der Waals surface area contributed by atoms with E-state index in [1.807, 2.05) is 6.92 Å². The van der Waals surface area contributed by atoms with E-state index in [2.05, 4.69) is 20.9 Å². The number of ether oxygens (including phenoxy) is 4. The predicted molar refractivity (Wildman–Crippen MR) is 162 cm³/mol. The molecule has 0 spiro atoms. The van der Waals surface area contributed by atoms with Crippen LogP contribution < -0.4 is 29.1 Å². The van der Waals surface area contributed by atoms with Gasteiger partial charge in [0.2, 0.25) is 0 Å². The van der Waals surface area contributed by atoms with E-state index in [0.29, 0.717) is 44.2 Å². The van der Waals surface area contributed by atoms with Crippen molar-refractivity contribution in [2.75, 3.05) is 26.9 Å². The number of hydrogen-bond acceptors (Lipinski definition) is 9. The minimum Gasteiger partial charge on any atom is -0.493 e. The Morgan fingerprint density at radius 1 is 1.12 bits per heavy atom. The Hall–Kier alpha value is -3.32. The van der Waals surface area contributed by atoms with Gasteiger partial charge in [-0.3, -0.25) is 9.36 Å². The number of fused-ring (bicyclic) bond motifs is 1. The lowest BCUT2D eigenvalue weighted by Gasteiger charge is -2.26. The van der Waals surface area contributed by atoms with Crippen LogP contribution in [0.1, 0.15) is 37.9 Å². The number of hydrogen-bond donors (Lipinski definition) is 1. The van der Waals surface area contributed by atoms with E-state index in [1.165, 1.54) is 23.8 Å². The second-order valence-corrected chi connectivity index (χ2v) is 11.4. The fourth-order valence-corrected chi connectivity index (χ4v) is 6.56. The molecule has 2 heterocycles. The van der Waals surface area contributed by atoms with E-state index in [-0.39, 0.29) is 32.5 Å². The molecule has 0 radical (unpaired) electrons. The van der Waals surface area contributed by atoms with Crippen molar-refractivity contribution in [3.05, 3.63) is 80.9 Å². The molecule has 4 rings (SSSR count). The lowest BCUT2D eigenvalue weighted by Crippen LogP contribution is -2.40. The van der Waals surface area contributed by atoms with Crippen LogP contribution in [0, 0.1) is 0 Å². The monoisotopic (exact) mass is 698 g/mol. The fourth-order valence-electron chi connectivity index (χ4n) is 4.36. The summed E-state index contributed by atoms with van der Waals surface area (Å²) in [7, 11) is 1.50. The summed E-state index contributed by atoms with van der Waals surface area (Å²) in [6, 6.07) is 5.54. The minimum absolute atomic E-state index is 0.0170. The number of carboxylic acids is 1. The molecule has 0 saturated heterocycles. The van der Waals surface area contributed by atoms with Crippen molar-refractivity contribution in [1.82, 2.24) is 4.57 Å². The fraction of sp³-hybridized carbons (Fsp3) is 0.286. The molecule has 0 bridgehead atoms. The molecule has 0 aliphatic carbocycles. The van der Waals surface area contributed by atoms with Crippen molar-refractivity contribution in [3.63, 3.8) is 0 Å². The number of carbonyl (C=O) groups excluding carboxylic acids is 1.